The van der Waals surface area contributed by atoms with E-state index in [0.29, 0.717) is 6.61 Å². The molecule has 18 heavy (non-hydrogen) atoms. The molecule has 1 aromatic carbocycles. The van der Waals surface area contributed by atoms with E-state index >= 15 is 0 Å². The van der Waals surface area contributed by atoms with Gasteiger partial charge in [0.05, 0.1) is 23.4 Å². The molecule has 4 nitrogen and oxygen atoms in total. The second-order valence-corrected chi connectivity index (χ2v) is 4.68. The van der Waals surface area contributed by atoms with Gasteiger partial charge in [-0.25, -0.2) is 4.39 Å². The average Bonchev–Trinajstić information content (AvgIpc) is 2.27. The number of ether oxygens (including phenoxy) is 1. The number of hydrogen-bond donors (Lipinski definition) is 2. The molecule has 0 atom stereocenters. The van der Waals surface area contributed by atoms with Crippen LogP contribution >= 0.6 is 0 Å². The molecule has 0 aromatic heterocycles. The van der Waals surface area contributed by atoms with Crippen molar-refractivity contribution in [2.24, 2.45) is 0 Å². The Kier molecular flexibility index (Phi) is 4.67. The summed E-state index contributed by atoms with van der Waals surface area (Å²) in [7, 11) is 3.14. The number of carbonyl (C=O) groups is 1. The molecule has 1 rings (SSSR count). The van der Waals surface area contributed by atoms with Gasteiger partial charge in [-0.05, 0) is 26.0 Å². The number of methoxy groups -OCH3 is 1. The Balaban J connectivity index is 2.94. The molecular weight excluding hydrogens is 235 g/mol. The Morgan fingerprint density at radius 2 is 2.11 bits per heavy atom. The summed E-state index contributed by atoms with van der Waals surface area (Å²) < 4.78 is 18.5. The van der Waals surface area contributed by atoms with Gasteiger partial charge < -0.3 is 15.4 Å². The molecule has 0 saturated carbocycles. The quantitative estimate of drug-likeness (QED) is 0.845. The number of nitrogens with one attached hydrogen (secondary N) is 2. The highest BCUT2D eigenvalue weighted by Crippen LogP contribution is 2.19. The van der Waals surface area contributed by atoms with Crippen LogP contribution < -0.4 is 10.6 Å². The average molecular weight is 254 g/mol. The summed E-state index contributed by atoms with van der Waals surface area (Å²) in [6.45, 7) is 4.06. The van der Waals surface area contributed by atoms with E-state index in [0.717, 1.165) is 0 Å². The number of para-hydroxylation sites is 1. The van der Waals surface area contributed by atoms with Crippen molar-refractivity contribution in [1.29, 1.82) is 0 Å². The predicted octanol–water partition coefficient (Wildman–Crippen LogP) is 2.02. The van der Waals surface area contributed by atoms with Crippen molar-refractivity contribution in [3.05, 3.63) is 29.6 Å². The fourth-order valence-electron chi connectivity index (χ4n) is 1.74. The molecule has 0 fully saturated rings. The van der Waals surface area contributed by atoms with Crippen LogP contribution in [0.1, 0.15) is 24.2 Å². The molecule has 1 aromatic rings. The highest BCUT2D eigenvalue weighted by atomic mass is 19.1. The Morgan fingerprint density at radius 3 is 2.67 bits per heavy atom. The maximum Gasteiger partial charge on any atom is 0.253 e. The Hall–Kier alpha value is -1.62. The molecule has 0 unspecified atom stereocenters. The summed E-state index contributed by atoms with van der Waals surface area (Å²) in [4.78, 5) is 12.1. The van der Waals surface area contributed by atoms with Gasteiger partial charge in [-0.15, -0.1) is 0 Å². The summed E-state index contributed by atoms with van der Waals surface area (Å²) in [5, 5.41) is 5.50. The van der Waals surface area contributed by atoms with Crippen LogP contribution in [0.2, 0.25) is 0 Å². The lowest BCUT2D eigenvalue weighted by atomic mass is 10.1. The van der Waals surface area contributed by atoms with Gasteiger partial charge >= 0.3 is 0 Å². The lowest BCUT2D eigenvalue weighted by Crippen LogP contribution is -2.46. The summed E-state index contributed by atoms with van der Waals surface area (Å²) in [6.07, 6.45) is 0. The molecule has 0 aliphatic heterocycles. The molecule has 0 spiro atoms. The zero-order valence-corrected chi connectivity index (χ0v) is 11.1. The third-order valence-electron chi connectivity index (χ3n) is 2.47. The fraction of sp³-hybridized carbons (Fsp3) is 0.462. The summed E-state index contributed by atoms with van der Waals surface area (Å²) >= 11 is 0. The van der Waals surface area contributed by atoms with Crippen molar-refractivity contribution in [1.82, 2.24) is 5.32 Å². The van der Waals surface area contributed by atoms with Gasteiger partial charge in [0, 0.05) is 14.2 Å². The maximum absolute atomic E-state index is 13.5. The monoisotopic (exact) mass is 254 g/mol. The lowest BCUT2D eigenvalue weighted by molar-refractivity contribution is 0.0820. The predicted molar refractivity (Wildman–Crippen MR) is 69.4 cm³/mol. The van der Waals surface area contributed by atoms with Gasteiger partial charge in [-0.3, -0.25) is 4.79 Å². The molecule has 0 bridgehead atoms. The van der Waals surface area contributed by atoms with Crippen LogP contribution in [0, 0.1) is 5.82 Å². The van der Waals surface area contributed by atoms with E-state index in [4.69, 9.17) is 4.74 Å². The maximum atomic E-state index is 13.5. The second-order valence-electron chi connectivity index (χ2n) is 4.68. The van der Waals surface area contributed by atoms with Gasteiger partial charge in [0.15, 0.2) is 0 Å². The number of carbonyl (C=O) groups excluding carboxylic acids is 1. The second kappa shape index (κ2) is 5.82. The van der Waals surface area contributed by atoms with Crippen LogP contribution in [0.15, 0.2) is 18.2 Å². The topological polar surface area (TPSA) is 50.4 Å². The van der Waals surface area contributed by atoms with Gasteiger partial charge in [0.1, 0.15) is 5.82 Å². The normalized spacial score (nSPS) is 11.2. The molecule has 0 saturated heterocycles. The van der Waals surface area contributed by atoms with E-state index in [-0.39, 0.29) is 17.2 Å². The van der Waals surface area contributed by atoms with E-state index < -0.39 is 11.4 Å². The van der Waals surface area contributed by atoms with Gasteiger partial charge in [0.25, 0.3) is 5.91 Å². The van der Waals surface area contributed by atoms with E-state index in [2.05, 4.69) is 10.6 Å². The van der Waals surface area contributed by atoms with Crippen LogP contribution in [0.5, 0.6) is 0 Å². The van der Waals surface area contributed by atoms with E-state index in [1.54, 1.807) is 20.2 Å². The fourth-order valence-corrected chi connectivity index (χ4v) is 1.74. The first-order chi connectivity index (χ1) is 8.41. The Bertz CT molecular complexity index is 433. The summed E-state index contributed by atoms with van der Waals surface area (Å²) in [5.41, 5.74) is -0.0340. The van der Waals surface area contributed by atoms with Crippen LogP contribution in [0.3, 0.4) is 0 Å². The highest BCUT2D eigenvalue weighted by Gasteiger charge is 2.23. The van der Waals surface area contributed by atoms with E-state index in [1.165, 1.54) is 12.1 Å². The standard InChI is InChI=1S/C13H19FN2O2/c1-13(2,8-18-4)16-12(17)9-6-5-7-10(14)11(9)15-3/h5-7,15H,8H2,1-4H3,(H,16,17). The Morgan fingerprint density at radius 1 is 1.44 bits per heavy atom. The van der Waals surface area contributed by atoms with Gasteiger partial charge in [-0.1, -0.05) is 6.07 Å². The Labute approximate surface area is 107 Å². The lowest BCUT2D eigenvalue weighted by Gasteiger charge is -2.25. The van der Waals surface area contributed by atoms with Crippen molar-refractivity contribution < 1.29 is 13.9 Å². The molecular formula is C13H19FN2O2. The molecule has 1 amide bonds. The molecule has 5 heteroatoms. The van der Waals surface area contributed by atoms with Crippen LogP contribution in [0.4, 0.5) is 10.1 Å². The first kappa shape index (κ1) is 14.4. The number of hydrogen-bond acceptors (Lipinski definition) is 3. The van der Waals surface area contributed by atoms with Crippen LogP contribution in [-0.2, 0) is 4.74 Å². The first-order valence-corrected chi connectivity index (χ1v) is 5.69. The minimum Gasteiger partial charge on any atom is -0.385 e. The SMILES string of the molecule is CNc1c(F)cccc1C(=O)NC(C)(C)COC. The molecule has 0 aliphatic rings. The van der Waals surface area contributed by atoms with Gasteiger partial charge in [0.2, 0.25) is 0 Å². The zero-order chi connectivity index (χ0) is 13.8. The largest absolute Gasteiger partial charge is 0.385 e. The van der Waals surface area contributed by atoms with Crippen LogP contribution in [0.25, 0.3) is 0 Å². The number of rotatable bonds is 5. The number of benzene rings is 1. The van der Waals surface area contributed by atoms with Crippen molar-refractivity contribution >= 4 is 11.6 Å². The summed E-state index contributed by atoms with van der Waals surface area (Å²) in [6, 6.07) is 4.39. The highest BCUT2D eigenvalue weighted by molar-refractivity contribution is 6.00. The van der Waals surface area contributed by atoms with Crippen molar-refractivity contribution in [3.63, 3.8) is 0 Å². The number of halogens is 1. The zero-order valence-electron chi connectivity index (χ0n) is 11.1. The molecule has 0 aliphatic carbocycles. The minimum absolute atomic E-state index is 0.197. The van der Waals surface area contributed by atoms with Crippen molar-refractivity contribution in [2.75, 3.05) is 26.1 Å². The third-order valence-corrected chi connectivity index (χ3v) is 2.47. The van der Waals surface area contributed by atoms with E-state index in [9.17, 15) is 9.18 Å². The summed E-state index contributed by atoms with van der Waals surface area (Å²) in [5.74, 6) is -0.782. The van der Waals surface area contributed by atoms with Gasteiger partial charge in [-0.2, -0.15) is 0 Å². The van der Waals surface area contributed by atoms with Crippen molar-refractivity contribution in [2.45, 2.75) is 19.4 Å². The van der Waals surface area contributed by atoms with Crippen LogP contribution in [-0.4, -0.2) is 32.2 Å². The smallest absolute Gasteiger partial charge is 0.253 e. The van der Waals surface area contributed by atoms with E-state index in [1.807, 2.05) is 13.8 Å². The molecule has 0 heterocycles. The number of amides is 1. The van der Waals surface area contributed by atoms with Crippen molar-refractivity contribution in [3.8, 4) is 0 Å². The molecule has 2 N–H and O–H groups in total. The number of anilines is 1. The molecule has 0 radical (unpaired) electrons. The molecule has 100 valence electrons. The third kappa shape index (κ3) is 3.43. The minimum atomic E-state index is -0.511. The first-order valence-electron chi connectivity index (χ1n) is 5.69.